The van der Waals surface area contributed by atoms with E-state index in [0.717, 1.165) is 12.1 Å². The van der Waals surface area contributed by atoms with E-state index in [0.29, 0.717) is 5.82 Å². The lowest BCUT2D eigenvalue weighted by molar-refractivity contribution is 0.401. The Morgan fingerprint density at radius 1 is 1.33 bits per heavy atom. The Morgan fingerprint density at radius 3 is 2.80 bits per heavy atom. The molecule has 1 radical (unpaired) electrons. The molecule has 0 aliphatic heterocycles. The van der Waals surface area contributed by atoms with Crippen molar-refractivity contribution in [3.63, 3.8) is 0 Å². The summed E-state index contributed by atoms with van der Waals surface area (Å²) < 4.78 is 4.63. The second-order valence-electron chi connectivity index (χ2n) is 3.60. The van der Waals surface area contributed by atoms with Gasteiger partial charge in [-0.25, -0.2) is 0 Å². The van der Waals surface area contributed by atoms with Gasteiger partial charge in [0.05, 0.1) is 0 Å². The topological polar surface area (TPSA) is 42.2 Å². The third-order valence-corrected chi connectivity index (χ3v) is 2.07. The van der Waals surface area contributed by atoms with Crippen LogP contribution < -0.4 is 0 Å². The lowest BCUT2D eigenvalue weighted by Gasteiger charge is -2.11. The molecular weight excluding hydrogens is 190 g/mol. The molecule has 0 atom stereocenters. The molecule has 4 nitrogen and oxygen atoms in total. The van der Waals surface area contributed by atoms with Gasteiger partial charge in [0.2, 0.25) is 5.82 Å². The fraction of sp³-hybridized carbons (Fsp3) is 0.273. The minimum absolute atomic E-state index is 0.590. The first-order valence-corrected chi connectivity index (χ1v) is 4.70. The summed E-state index contributed by atoms with van der Waals surface area (Å²) in [5, 5.41) is 3.79. The Kier molecular flexibility index (Phi) is 2.78. The molecule has 1 heterocycles. The zero-order chi connectivity index (χ0) is 10.7. The van der Waals surface area contributed by atoms with E-state index in [1.807, 2.05) is 32.3 Å². The van der Waals surface area contributed by atoms with Gasteiger partial charge in [-0.15, -0.1) is 0 Å². The van der Waals surface area contributed by atoms with Crippen molar-refractivity contribution in [3.05, 3.63) is 36.2 Å². The molecule has 0 saturated heterocycles. The molecule has 0 unspecified atom stereocenters. The predicted octanol–water partition coefficient (Wildman–Crippen LogP) is 1.60. The van der Waals surface area contributed by atoms with Gasteiger partial charge in [0.1, 0.15) is 0 Å². The first kappa shape index (κ1) is 9.86. The molecule has 0 aliphatic carbocycles. The van der Waals surface area contributed by atoms with Crippen molar-refractivity contribution in [2.24, 2.45) is 0 Å². The summed E-state index contributed by atoms with van der Waals surface area (Å²) in [6, 6.07) is 8.01. The summed E-state index contributed by atoms with van der Waals surface area (Å²) in [7, 11) is 4.05. The number of benzene rings is 1. The SMILES string of the molecule is CN(C)Cc1ccccc1-c1n[c]on1. The van der Waals surface area contributed by atoms with Crippen molar-refractivity contribution in [1.29, 1.82) is 0 Å². The normalized spacial score (nSPS) is 10.9. The van der Waals surface area contributed by atoms with Gasteiger partial charge < -0.3 is 9.42 Å². The zero-order valence-corrected chi connectivity index (χ0v) is 8.77. The first-order chi connectivity index (χ1) is 7.27. The second kappa shape index (κ2) is 4.23. The maximum absolute atomic E-state index is 4.63. The Bertz CT molecular complexity index is 423. The average molecular weight is 202 g/mol. The summed E-state index contributed by atoms with van der Waals surface area (Å²) >= 11 is 0. The van der Waals surface area contributed by atoms with Gasteiger partial charge in [-0.05, 0) is 19.7 Å². The molecule has 77 valence electrons. The Labute approximate surface area is 88.5 Å². The van der Waals surface area contributed by atoms with Crippen molar-refractivity contribution < 1.29 is 4.52 Å². The van der Waals surface area contributed by atoms with Crippen LogP contribution in [0.1, 0.15) is 5.56 Å². The van der Waals surface area contributed by atoms with Crippen LogP contribution in [-0.4, -0.2) is 29.1 Å². The standard InChI is InChI=1S/C11H12N3O/c1-14(2)7-9-5-3-4-6-10(9)11-12-8-15-13-11/h3-6H,7H2,1-2H3. The van der Waals surface area contributed by atoms with Crippen LogP contribution in [0.5, 0.6) is 0 Å². The minimum Gasteiger partial charge on any atom is -0.328 e. The third kappa shape index (κ3) is 2.22. The Morgan fingerprint density at radius 2 is 2.13 bits per heavy atom. The van der Waals surface area contributed by atoms with Gasteiger partial charge in [0.15, 0.2) is 0 Å². The molecule has 1 aromatic heterocycles. The highest BCUT2D eigenvalue weighted by molar-refractivity contribution is 5.59. The number of hydrogen-bond donors (Lipinski definition) is 0. The molecule has 0 saturated carbocycles. The second-order valence-corrected chi connectivity index (χ2v) is 3.60. The molecule has 1 aromatic carbocycles. The predicted molar refractivity (Wildman–Crippen MR) is 56.0 cm³/mol. The van der Waals surface area contributed by atoms with E-state index in [2.05, 4.69) is 32.0 Å². The van der Waals surface area contributed by atoms with Crippen molar-refractivity contribution in [2.75, 3.05) is 14.1 Å². The molecular formula is C11H12N3O. The summed E-state index contributed by atoms with van der Waals surface area (Å²) in [5.74, 6) is 0.590. The van der Waals surface area contributed by atoms with Crippen LogP contribution in [0.15, 0.2) is 28.8 Å². The lowest BCUT2D eigenvalue weighted by atomic mass is 10.1. The minimum atomic E-state index is 0.590. The molecule has 15 heavy (non-hydrogen) atoms. The molecule has 0 aliphatic rings. The van der Waals surface area contributed by atoms with Crippen molar-refractivity contribution >= 4 is 0 Å². The Hall–Kier alpha value is -1.68. The fourth-order valence-electron chi connectivity index (χ4n) is 1.47. The Balaban J connectivity index is 2.38. The average Bonchev–Trinajstić information content (AvgIpc) is 2.70. The van der Waals surface area contributed by atoms with Gasteiger partial charge in [-0.3, -0.25) is 0 Å². The summed E-state index contributed by atoms with van der Waals surface area (Å²) in [6.45, 7) is 0.852. The fourth-order valence-corrected chi connectivity index (χ4v) is 1.47. The van der Waals surface area contributed by atoms with Crippen LogP contribution in [-0.2, 0) is 6.54 Å². The molecule has 0 N–H and O–H groups in total. The summed E-state index contributed by atoms with van der Waals surface area (Å²) in [6.07, 6.45) is 2.36. The smallest absolute Gasteiger partial charge is 0.316 e. The quantitative estimate of drug-likeness (QED) is 0.758. The number of aromatic nitrogens is 2. The summed E-state index contributed by atoms with van der Waals surface area (Å²) in [5.41, 5.74) is 2.17. The lowest BCUT2D eigenvalue weighted by Crippen LogP contribution is -2.11. The summed E-state index contributed by atoms with van der Waals surface area (Å²) in [4.78, 5) is 6.03. The van der Waals surface area contributed by atoms with Gasteiger partial charge in [0, 0.05) is 12.1 Å². The third-order valence-electron chi connectivity index (χ3n) is 2.07. The molecule has 0 bridgehead atoms. The van der Waals surface area contributed by atoms with Gasteiger partial charge in [-0.1, -0.05) is 29.4 Å². The number of rotatable bonds is 3. The van der Waals surface area contributed by atoms with Crippen LogP contribution >= 0.6 is 0 Å². The number of nitrogens with zero attached hydrogens (tertiary/aromatic N) is 3. The highest BCUT2D eigenvalue weighted by Gasteiger charge is 2.09. The van der Waals surface area contributed by atoms with E-state index >= 15 is 0 Å². The molecule has 0 amide bonds. The highest BCUT2D eigenvalue weighted by atomic mass is 16.5. The van der Waals surface area contributed by atoms with Crippen LogP contribution in [0.2, 0.25) is 0 Å². The van der Waals surface area contributed by atoms with E-state index in [9.17, 15) is 0 Å². The van der Waals surface area contributed by atoms with E-state index in [4.69, 9.17) is 0 Å². The number of hydrogen-bond acceptors (Lipinski definition) is 4. The largest absolute Gasteiger partial charge is 0.328 e. The van der Waals surface area contributed by atoms with E-state index in [-0.39, 0.29) is 0 Å². The molecule has 0 fully saturated rings. The van der Waals surface area contributed by atoms with Crippen molar-refractivity contribution in [3.8, 4) is 11.4 Å². The highest BCUT2D eigenvalue weighted by Crippen LogP contribution is 2.20. The van der Waals surface area contributed by atoms with Gasteiger partial charge in [0.25, 0.3) is 0 Å². The van der Waals surface area contributed by atoms with Crippen molar-refractivity contribution in [1.82, 2.24) is 15.0 Å². The van der Waals surface area contributed by atoms with Crippen LogP contribution in [0.25, 0.3) is 11.4 Å². The van der Waals surface area contributed by atoms with Crippen LogP contribution in [0.4, 0.5) is 0 Å². The van der Waals surface area contributed by atoms with Crippen LogP contribution in [0.3, 0.4) is 0 Å². The van der Waals surface area contributed by atoms with Gasteiger partial charge in [-0.2, -0.15) is 4.98 Å². The van der Waals surface area contributed by atoms with E-state index in [1.165, 1.54) is 5.56 Å². The molecule has 4 heteroatoms. The maximum atomic E-state index is 4.63. The van der Waals surface area contributed by atoms with E-state index < -0.39 is 0 Å². The monoisotopic (exact) mass is 202 g/mol. The van der Waals surface area contributed by atoms with Gasteiger partial charge >= 0.3 is 6.39 Å². The zero-order valence-electron chi connectivity index (χ0n) is 8.77. The molecule has 0 spiro atoms. The maximum Gasteiger partial charge on any atom is 0.316 e. The first-order valence-electron chi connectivity index (χ1n) is 4.70. The van der Waals surface area contributed by atoms with E-state index in [1.54, 1.807) is 0 Å². The molecule has 2 aromatic rings. The van der Waals surface area contributed by atoms with Crippen molar-refractivity contribution in [2.45, 2.75) is 6.54 Å². The van der Waals surface area contributed by atoms with Crippen LogP contribution in [0, 0.1) is 6.39 Å². The molecule has 2 rings (SSSR count).